The largest absolute Gasteiger partial charge is 0.352 e. The molecule has 1 heterocycles. The van der Waals surface area contributed by atoms with Gasteiger partial charge in [-0.2, -0.15) is 11.8 Å². The first kappa shape index (κ1) is 17.5. The zero-order valence-corrected chi connectivity index (χ0v) is 14.7. The molecule has 1 aromatic heterocycles. The zero-order chi connectivity index (χ0) is 16.8. The predicted molar refractivity (Wildman–Crippen MR) is 96.3 cm³/mol. The lowest BCUT2D eigenvalue weighted by atomic mass is 10.1. The number of aromatic nitrogens is 2. The molecule has 23 heavy (non-hydrogen) atoms. The standard InChI is InChI=1S/C17H23N3O2S/c1-4-9-23-10-5-8-18-16(21)13-6-7-15-14(11-13)19-12(2)17(22)20(15)3/h6-7,11H,4-5,8-10H2,1-3H3,(H,18,21). The summed E-state index contributed by atoms with van der Waals surface area (Å²) in [5, 5.41) is 2.93. The van der Waals surface area contributed by atoms with E-state index in [1.165, 1.54) is 12.2 Å². The zero-order valence-electron chi connectivity index (χ0n) is 13.9. The fourth-order valence-electron chi connectivity index (χ4n) is 2.34. The van der Waals surface area contributed by atoms with Crippen LogP contribution >= 0.6 is 11.8 Å². The summed E-state index contributed by atoms with van der Waals surface area (Å²) in [6, 6.07) is 5.25. The maximum atomic E-state index is 12.2. The van der Waals surface area contributed by atoms with Crippen LogP contribution in [0.3, 0.4) is 0 Å². The number of hydrogen-bond donors (Lipinski definition) is 1. The number of benzene rings is 1. The van der Waals surface area contributed by atoms with E-state index < -0.39 is 0 Å². The predicted octanol–water partition coefficient (Wildman–Crippen LogP) is 2.51. The molecule has 2 aromatic rings. The molecule has 0 saturated carbocycles. The van der Waals surface area contributed by atoms with Crippen molar-refractivity contribution in [2.24, 2.45) is 7.05 Å². The van der Waals surface area contributed by atoms with Crippen molar-refractivity contribution in [3.8, 4) is 0 Å². The molecule has 0 spiro atoms. The van der Waals surface area contributed by atoms with E-state index >= 15 is 0 Å². The van der Waals surface area contributed by atoms with Gasteiger partial charge < -0.3 is 9.88 Å². The Morgan fingerprint density at radius 3 is 2.87 bits per heavy atom. The van der Waals surface area contributed by atoms with Crippen LogP contribution in [0.15, 0.2) is 23.0 Å². The van der Waals surface area contributed by atoms with E-state index in [0.29, 0.717) is 23.3 Å². The highest BCUT2D eigenvalue weighted by Gasteiger charge is 2.09. The summed E-state index contributed by atoms with van der Waals surface area (Å²) in [5.74, 6) is 2.14. The van der Waals surface area contributed by atoms with Crippen LogP contribution in [0.25, 0.3) is 11.0 Å². The van der Waals surface area contributed by atoms with Crippen molar-refractivity contribution in [3.05, 3.63) is 39.8 Å². The Morgan fingerprint density at radius 2 is 2.13 bits per heavy atom. The van der Waals surface area contributed by atoms with Gasteiger partial charge in [0.15, 0.2) is 0 Å². The van der Waals surface area contributed by atoms with Gasteiger partial charge in [0.05, 0.1) is 11.0 Å². The van der Waals surface area contributed by atoms with Crippen LogP contribution < -0.4 is 10.9 Å². The molecule has 0 bridgehead atoms. The number of rotatable bonds is 7. The van der Waals surface area contributed by atoms with Crippen LogP contribution in [0.4, 0.5) is 0 Å². The second kappa shape index (κ2) is 8.15. The molecule has 0 saturated heterocycles. The summed E-state index contributed by atoms with van der Waals surface area (Å²) in [6.07, 6.45) is 2.15. The summed E-state index contributed by atoms with van der Waals surface area (Å²) in [7, 11) is 1.72. The van der Waals surface area contributed by atoms with E-state index in [2.05, 4.69) is 17.2 Å². The molecule has 0 aliphatic heterocycles. The van der Waals surface area contributed by atoms with E-state index in [1.54, 1.807) is 36.7 Å². The van der Waals surface area contributed by atoms with Gasteiger partial charge in [0.25, 0.3) is 11.5 Å². The lowest BCUT2D eigenvalue weighted by Crippen LogP contribution is -2.25. The van der Waals surface area contributed by atoms with Gasteiger partial charge in [0.2, 0.25) is 0 Å². The van der Waals surface area contributed by atoms with E-state index in [4.69, 9.17) is 0 Å². The second-order valence-corrected chi connectivity index (χ2v) is 6.71. The molecule has 0 aliphatic rings. The van der Waals surface area contributed by atoms with Gasteiger partial charge in [-0.05, 0) is 49.5 Å². The fourth-order valence-corrected chi connectivity index (χ4v) is 3.18. The molecule has 1 N–H and O–H groups in total. The van der Waals surface area contributed by atoms with Gasteiger partial charge in [-0.25, -0.2) is 4.98 Å². The van der Waals surface area contributed by atoms with E-state index in [9.17, 15) is 9.59 Å². The van der Waals surface area contributed by atoms with E-state index in [0.717, 1.165) is 17.7 Å². The van der Waals surface area contributed by atoms with Crippen molar-refractivity contribution in [2.75, 3.05) is 18.1 Å². The molecule has 1 aromatic carbocycles. The number of nitrogens with one attached hydrogen (secondary N) is 1. The minimum Gasteiger partial charge on any atom is -0.352 e. The molecular formula is C17H23N3O2S. The minimum absolute atomic E-state index is 0.0966. The first-order chi connectivity index (χ1) is 11.0. The maximum Gasteiger partial charge on any atom is 0.272 e. The lowest BCUT2D eigenvalue weighted by molar-refractivity contribution is 0.0954. The number of carbonyl (C=O) groups is 1. The minimum atomic E-state index is -0.112. The Kier molecular flexibility index (Phi) is 6.21. The molecule has 124 valence electrons. The molecule has 0 radical (unpaired) electrons. The molecule has 5 nitrogen and oxygen atoms in total. The highest BCUT2D eigenvalue weighted by Crippen LogP contribution is 2.12. The van der Waals surface area contributed by atoms with Crippen LogP contribution in [-0.2, 0) is 7.05 Å². The van der Waals surface area contributed by atoms with Crippen LogP contribution in [0.5, 0.6) is 0 Å². The Bertz CT molecular complexity index is 755. The monoisotopic (exact) mass is 333 g/mol. The average molecular weight is 333 g/mol. The smallest absolute Gasteiger partial charge is 0.272 e. The fraction of sp³-hybridized carbons (Fsp3) is 0.471. The van der Waals surface area contributed by atoms with Gasteiger partial charge in [-0.15, -0.1) is 0 Å². The Morgan fingerprint density at radius 1 is 1.35 bits per heavy atom. The number of aryl methyl sites for hydroxylation is 2. The molecular weight excluding hydrogens is 310 g/mol. The first-order valence-corrected chi connectivity index (χ1v) is 9.03. The summed E-state index contributed by atoms with van der Waals surface area (Å²) < 4.78 is 1.56. The van der Waals surface area contributed by atoms with Gasteiger partial charge in [0.1, 0.15) is 5.69 Å². The normalized spacial score (nSPS) is 10.9. The number of carbonyl (C=O) groups excluding carboxylic acids is 1. The number of fused-ring (bicyclic) bond motifs is 1. The van der Waals surface area contributed by atoms with Crippen molar-refractivity contribution in [1.29, 1.82) is 0 Å². The van der Waals surface area contributed by atoms with Crippen molar-refractivity contribution < 1.29 is 4.79 Å². The molecule has 1 amide bonds. The van der Waals surface area contributed by atoms with Crippen molar-refractivity contribution >= 4 is 28.7 Å². The molecule has 0 atom stereocenters. The van der Waals surface area contributed by atoms with Crippen molar-refractivity contribution in [2.45, 2.75) is 26.7 Å². The van der Waals surface area contributed by atoms with Gasteiger partial charge in [0, 0.05) is 19.2 Å². The topological polar surface area (TPSA) is 64.0 Å². The summed E-state index contributed by atoms with van der Waals surface area (Å²) in [5.41, 5.74) is 2.29. The third kappa shape index (κ3) is 4.34. The summed E-state index contributed by atoms with van der Waals surface area (Å²) in [6.45, 7) is 4.52. The van der Waals surface area contributed by atoms with Crippen LogP contribution in [0, 0.1) is 6.92 Å². The van der Waals surface area contributed by atoms with E-state index in [1.807, 2.05) is 11.8 Å². The number of amides is 1. The van der Waals surface area contributed by atoms with Gasteiger partial charge >= 0.3 is 0 Å². The lowest BCUT2D eigenvalue weighted by Gasteiger charge is -2.08. The summed E-state index contributed by atoms with van der Waals surface area (Å²) >= 11 is 1.91. The van der Waals surface area contributed by atoms with Crippen molar-refractivity contribution in [1.82, 2.24) is 14.9 Å². The van der Waals surface area contributed by atoms with Gasteiger partial charge in [-0.3, -0.25) is 9.59 Å². The van der Waals surface area contributed by atoms with Crippen LogP contribution in [0.2, 0.25) is 0 Å². The molecule has 0 unspecified atom stereocenters. The molecule has 2 rings (SSSR count). The van der Waals surface area contributed by atoms with Crippen LogP contribution in [-0.4, -0.2) is 33.5 Å². The van der Waals surface area contributed by atoms with Crippen molar-refractivity contribution in [3.63, 3.8) is 0 Å². The average Bonchev–Trinajstić information content (AvgIpc) is 2.55. The second-order valence-electron chi connectivity index (χ2n) is 5.49. The molecule has 0 aliphatic carbocycles. The first-order valence-electron chi connectivity index (χ1n) is 7.88. The van der Waals surface area contributed by atoms with Crippen LogP contribution in [0.1, 0.15) is 35.8 Å². The Hall–Kier alpha value is -1.82. The molecule has 0 fully saturated rings. The van der Waals surface area contributed by atoms with Gasteiger partial charge in [-0.1, -0.05) is 6.92 Å². The third-order valence-corrected chi connectivity index (χ3v) is 4.88. The van der Waals surface area contributed by atoms with E-state index in [-0.39, 0.29) is 11.5 Å². The summed E-state index contributed by atoms with van der Waals surface area (Å²) in [4.78, 5) is 28.4. The molecule has 6 heteroatoms. The maximum absolute atomic E-state index is 12.2. The SMILES string of the molecule is CCCSCCCNC(=O)c1ccc2c(c1)nc(C)c(=O)n2C. The number of nitrogens with zero attached hydrogens (tertiary/aromatic N) is 2. The highest BCUT2D eigenvalue weighted by molar-refractivity contribution is 7.99. The Labute approximate surface area is 140 Å². The number of hydrogen-bond acceptors (Lipinski definition) is 4. The third-order valence-electron chi connectivity index (χ3n) is 3.60. The quantitative estimate of drug-likeness (QED) is 0.791. The Balaban J connectivity index is 2.04. The highest BCUT2D eigenvalue weighted by atomic mass is 32.2. The number of thioether (sulfide) groups is 1.